The molecular weight excluding hydrogens is 310 g/mol. The summed E-state index contributed by atoms with van der Waals surface area (Å²) < 4.78 is 1.09. The second-order valence-electron chi connectivity index (χ2n) is 7.84. The second-order valence-corrected chi connectivity index (χ2v) is 7.84. The summed E-state index contributed by atoms with van der Waals surface area (Å²) in [6, 6.07) is 2.36. The fourth-order valence-corrected chi connectivity index (χ4v) is 4.57. The van der Waals surface area contributed by atoms with Crippen molar-refractivity contribution in [3.05, 3.63) is 38.8 Å². The smallest absolute Gasteiger partial charge is 0.285 e. The summed E-state index contributed by atoms with van der Waals surface area (Å²) in [5, 5.41) is 13.9. The van der Waals surface area contributed by atoms with Crippen LogP contribution in [0.2, 0.25) is 0 Å². The van der Waals surface area contributed by atoms with Crippen LogP contribution in [0.3, 0.4) is 0 Å². The van der Waals surface area contributed by atoms with Gasteiger partial charge in [0.05, 0.1) is 11.1 Å². The quantitative estimate of drug-likeness (QED) is 0.674. The molecular formula is C17H23N3O4. The summed E-state index contributed by atoms with van der Waals surface area (Å²) in [6.07, 6.45) is 4.36. The molecule has 2 fully saturated rings. The number of aromatic nitrogens is 1. The number of nitro groups is 1. The van der Waals surface area contributed by atoms with E-state index in [0.29, 0.717) is 5.92 Å². The molecule has 0 saturated heterocycles. The Kier molecular flexibility index (Phi) is 3.77. The van der Waals surface area contributed by atoms with E-state index in [4.69, 9.17) is 0 Å². The number of pyridine rings is 1. The van der Waals surface area contributed by atoms with Gasteiger partial charge in [-0.05, 0) is 36.0 Å². The molecule has 2 saturated carbocycles. The predicted molar refractivity (Wildman–Crippen MR) is 88.5 cm³/mol. The van der Waals surface area contributed by atoms with Crippen LogP contribution in [0.1, 0.15) is 40.0 Å². The molecule has 7 heteroatoms. The van der Waals surface area contributed by atoms with E-state index in [9.17, 15) is 19.7 Å². The first-order chi connectivity index (χ1) is 11.1. The normalized spacial score (nSPS) is 30.3. The first-order valence-electron chi connectivity index (χ1n) is 8.29. The lowest BCUT2D eigenvalue weighted by Crippen LogP contribution is -2.48. The number of hydrogen-bond donors (Lipinski definition) is 1. The molecule has 3 rings (SSSR count). The Balaban J connectivity index is 1.73. The van der Waals surface area contributed by atoms with Gasteiger partial charge in [0.2, 0.25) is 5.91 Å². The molecule has 1 heterocycles. The van der Waals surface area contributed by atoms with Crippen molar-refractivity contribution in [1.29, 1.82) is 0 Å². The van der Waals surface area contributed by atoms with Crippen LogP contribution in [0.5, 0.6) is 0 Å². The Morgan fingerprint density at radius 1 is 1.42 bits per heavy atom. The van der Waals surface area contributed by atoms with Gasteiger partial charge in [-0.3, -0.25) is 24.3 Å². The maximum absolute atomic E-state index is 12.4. The molecule has 0 spiro atoms. The van der Waals surface area contributed by atoms with Crippen LogP contribution in [-0.2, 0) is 11.3 Å². The number of nitrogens with zero attached hydrogens (tertiary/aromatic N) is 2. The number of nitrogens with one attached hydrogen (secondary N) is 1. The number of amides is 1. The monoisotopic (exact) mass is 333 g/mol. The van der Waals surface area contributed by atoms with Crippen LogP contribution < -0.4 is 10.9 Å². The highest BCUT2D eigenvalue weighted by Gasteiger charge is 2.61. The Morgan fingerprint density at radius 2 is 2.12 bits per heavy atom. The van der Waals surface area contributed by atoms with E-state index < -0.39 is 10.5 Å². The van der Waals surface area contributed by atoms with E-state index >= 15 is 0 Å². The minimum absolute atomic E-state index is 0.0565. The Morgan fingerprint density at radius 3 is 2.67 bits per heavy atom. The van der Waals surface area contributed by atoms with E-state index in [1.165, 1.54) is 6.42 Å². The van der Waals surface area contributed by atoms with Crippen molar-refractivity contribution in [3.8, 4) is 0 Å². The van der Waals surface area contributed by atoms with Crippen molar-refractivity contribution in [2.75, 3.05) is 0 Å². The van der Waals surface area contributed by atoms with E-state index in [-0.39, 0.29) is 35.0 Å². The topological polar surface area (TPSA) is 94.2 Å². The summed E-state index contributed by atoms with van der Waals surface area (Å²) in [4.78, 5) is 34.5. The molecule has 0 aromatic carbocycles. The fourth-order valence-electron chi connectivity index (χ4n) is 4.57. The van der Waals surface area contributed by atoms with Gasteiger partial charge in [-0.2, -0.15) is 0 Å². The highest BCUT2D eigenvalue weighted by atomic mass is 16.6. The zero-order valence-electron chi connectivity index (χ0n) is 14.2. The summed E-state index contributed by atoms with van der Waals surface area (Å²) in [6.45, 7) is 6.56. The predicted octanol–water partition coefficient (Wildman–Crippen LogP) is 2.09. The molecule has 3 atom stereocenters. The van der Waals surface area contributed by atoms with Gasteiger partial charge in [0.25, 0.3) is 11.2 Å². The van der Waals surface area contributed by atoms with E-state index in [2.05, 4.69) is 26.1 Å². The second kappa shape index (κ2) is 5.43. The van der Waals surface area contributed by atoms with Crippen molar-refractivity contribution < 1.29 is 9.72 Å². The van der Waals surface area contributed by atoms with Gasteiger partial charge in [0.1, 0.15) is 6.54 Å². The number of hydrogen-bond acceptors (Lipinski definition) is 4. The molecule has 24 heavy (non-hydrogen) atoms. The molecule has 1 N–H and O–H groups in total. The Bertz CT molecular complexity index is 754. The summed E-state index contributed by atoms with van der Waals surface area (Å²) in [5.74, 6) is 0.334. The fraction of sp³-hybridized carbons (Fsp3) is 0.647. The van der Waals surface area contributed by atoms with E-state index in [0.717, 1.165) is 35.7 Å². The van der Waals surface area contributed by atoms with Gasteiger partial charge in [-0.1, -0.05) is 20.8 Å². The van der Waals surface area contributed by atoms with Crippen LogP contribution in [0, 0.1) is 26.9 Å². The molecule has 1 aromatic rings. The number of rotatable bonds is 4. The molecule has 1 amide bonds. The highest BCUT2D eigenvalue weighted by Crippen LogP contribution is 2.65. The first kappa shape index (κ1) is 16.7. The lowest BCUT2D eigenvalue weighted by Gasteiger charge is -2.39. The van der Waals surface area contributed by atoms with Crippen molar-refractivity contribution in [2.24, 2.45) is 16.7 Å². The highest BCUT2D eigenvalue weighted by molar-refractivity contribution is 5.76. The van der Waals surface area contributed by atoms with Gasteiger partial charge in [-0.15, -0.1) is 0 Å². The third-order valence-electron chi connectivity index (χ3n) is 6.62. The summed E-state index contributed by atoms with van der Waals surface area (Å²) >= 11 is 0. The molecule has 7 nitrogen and oxygen atoms in total. The van der Waals surface area contributed by atoms with E-state index in [1.807, 2.05) is 0 Å². The zero-order valence-corrected chi connectivity index (χ0v) is 14.2. The maximum atomic E-state index is 12.4. The maximum Gasteiger partial charge on any atom is 0.285 e. The molecule has 130 valence electrons. The minimum Gasteiger partial charge on any atom is -0.351 e. The lowest BCUT2D eigenvalue weighted by atomic mass is 9.69. The molecule has 1 aromatic heterocycles. The Labute approximate surface area is 140 Å². The molecule has 0 radical (unpaired) electrons. The lowest BCUT2D eigenvalue weighted by molar-refractivity contribution is -0.385. The van der Waals surface area contributed by atoms with Crippen LogP contribution in [0.25, 0.3) is 0 Å². The summed E-state index contributed by atoms with van der Waals surface area (Å²) in [7, 11) is 0. The van der Waals surface area contributed by atoms with Crippen molar-refractivity contribution in [1.82, 2.24) is 9.88 Å². The molecule has 2 aliphatic rings. The van der Waals surface area contributed by atoms with Crippen LogP contribution in [0.4, 0.5) is 5.69 Å². The van der Waals surface area contributed by atoms with Crippen molar-refractivity contribution >= 4 is 11.6 Å². The van der Waals surface area contributed by atoms with E-state index in [1.54, 1.807) is 0 Å². The SMILES string of the molecule is CC1(C)[C@H]2CC[C@@]1(C)[C@H](NC(=O)Cn1cc([N+](=O)[O-])ccc1=O)C2. The van der Waals surface area contributed by atoms with Gasteiger partial charge in [0, 0.05) is 18.2 Å². The molecule has 0 aliphatic heterocycles. The first-order valence-corrected chi connectivity index (χ1v) is 8.29. The van der Waals surface area contributed by atoms with Gasteiger partial charge < -0.3 is 5.32 Å². The van der Waals surface area contributed by atoms with Gasteiger partial charge >= 0.3 is 0 Å². The van der Waals surface area contributed by atoms with Crippen LogP contribution in [-0.4, -0.2) is 21.4 Å². The standard InChI is InChI=1S/C17H23N3O4/c1-16(2)11-6-7-17(16,3)13(8-11)18-14(21)10-19-9-12(20(23)24)4-5-15(19)22/h4-5,9,11,13H,6-8,10H2,1-3H3,(H,18,21)/t11-,13+,17-/m0/s1. The Hall–Kier alpha value is -2.18. The van der Waals surface area contributed by atoms with Gasteiger partial charge in [0.15, 0.2) is 0 Å². The van der Waals surface area contributed by atoms with Gasteiger partial charge in [-0.25, -0.2) is 0 Å². The van der Waals surface area contributed by atoms with Crippen molar-refractivity contribution in [3.63, 3.8) is 0 Å². The largest absolute Gasteiger partial charge is 0.351 e. The third kappa shape index (κ3) is 2.42. The molecule has 2 bridgehead atoms. The van der Waals surface area contributed by atoms with Crippen LogP contribution >= 0.6 is 0 Å². The number of fused-ring (bicyclic) bond motifs is 2. The number of carbonyl (C=O) groups is 1. The minimum atomic E-state index is -0.576. The summed E-state index contributed by atoms with van der Waals surface area (Å²) in [5.41, 5.74) is -0.375. The van der Waals surface area contributed by atoms with Crippen LogP contribution in [0.15, 0.2) is 23.1 Å². The molecule has 2 aliphatic carbocycles. The third-order valence-corrected chi connectivity index (χ3v) is 6.62. The van der Waals surface area contributed by atoms with Crippen molar-refractivity contribution in [2.45, 2.75) is 52.6 Å². The molecule has 0 unspecified atom stereocenters. The average Bonchev–Trinajstić information content (AvgIpc) is 2.82. The number of carbonyl (C=O) groups excluding carboxylic acids is 1. The zero-order chi connectivity index (χ0) is 17.7. The average molecular weight is 333 g/mol.